The molecular weight excluding hydrogens is 1070 g/mol. The molecule has 2 rings (SSSR count). The van der Waals surface area contributed by atoms with Gasteiger partial charge in [-0.15, -0.1) is 0 Å². The molecular formula is C47H78N12O21. The molecule has 0 radical (unpaired) electrons. The van der Waals surface area contributed by atoms with E-state index in [9.17, 15) is 103 Å². The summed E-state index contributed by atoms with van der Waals surface area (Å²) >= 11 is 0. The largest absolute Gasteiger partial charge is 0.481 e. The van der Waals surface area contributed by atoms with Crippen LogP contribution in [0.15, 0.2) is 0 Å². The summed E-state index contributed by atoms with van der Waals surface area (Å²) in [5.74, 6) is -16.2. The highest BCUT2D eigenvalue weighted by molar-refractivity contribution is 6.00. The monoisotopic (exact) mass is 1150 g/mol. The number of nitrogens with zero attached hydrogens (tertiary/aromatic N) is 2. The van der Waals surface area contributed by atoms with Gasteiger partial charge in [0.05, 0.1) is 44.5 Å². The molecule has 20 N–H and O–H groups in total. The summed E-state index contributed by atoms with van der Waals surface area (Å²) in [7, 11) is 0. The fraction of sp³-hybridized carbons (Fsp3) is 0.723. The molecule has 2 heterocycles. The number of aliphatic carboxylic acids is 3. The van der Waals surface area contributed by atoms with E-state index < -0.39 is 201 Å². The number of carbonyl (C=O) groups excluding carboxylic acids is 10. The van der Waals surface area contributed by atoms with Gasteiger partial charge in [0.15, 0.2) is 0 Å². The number of likely N-dealkylation sites (tertiary alicyclic amines) is 2. The van der Waals surface area contributed by atoms with Crippen LogP contribution in [0.3, 0.4) is 0 Å². The molecule has 0 saturated carbocycles. The molecule has 0 aliphatic carbocycles. The van der Waals surface area contributed by atoms with Gasteiger partial charge in [-0.05, 0) is 71.3 Å². The molecule has 0 aromatic rings. The highest BCUT2D eigenvalue weighted by atomic mass is 16.4. The second-order valence-electron chi connectivity index (χ2n) is 19.7. The van der Waals surface area contributed by atoms with Crippen LogP contribution in [0.4, 0.5) is 0 Å². The SMILES string of the molecule is CC(C)[C@H](NC(=O)[C@H](CO)NC(=O)[C@H](CCC(=O)O)NC(=O)[C@@H](NC(=O)[C@H](CO)NC(=O)[C@@H](N)CCCCN)[C@@H](C)O)C(=O)N1CCC[C@H]1C(=O)N[C@@H](CC(=O)O)C(=O)N1CCC[C@H]1C(=O)N[C@H](C(=O)N[C@@H](CO)C(=O)O)[C@@H](C)O. The molecule has 2 aliphatic heterocycles. The van der Waals surface area contributed by atoms with Crippen LogP contribution in [-0.2, 0) is 62.3 Å². The Balaban J connectivity index is 2.27. The van der Waals surface area contributed by atoms with Crippen molar-refractivity contribution in [3.63, 3.8) is 0 Å². The first-order chi connectivity index (χ1) is 37.5. The van der Waals surface area contributed by atoms with Crippen molar-refractivity contribution in [2.24, 2.45) is 17.4 Å². The highest BCUT2D eigenvalue weighted by Crippen LogP contribution is 2.23. The van der Waals surface area contributed by atoms with Crippen molar-refractivity contribution in [2.45, 2.75) is 171 Å². The zero-order chi connectivity index (χ0) is 60.7. The molecule has 0 aromatic heterocycles. The van der Waals surface area contributed by atoms with Crippen LogP contribution in [0, 0.1) is 5.92 Å². The first-order valence-electron chi connectivity index (χ1n) is 25.9. The fourth-order valence-corrected chi connectivity index (χ4v) is 8.53. The second-order valence-corrected chi connectivity index (χ2v) is 19.7. The third-order valence-corrected chi connectivity index (χ3v) is 13.0. The van der Waals surface area contributed by atoms with Crippen LogP contribution in [0.25, 0.3) is 0 Å². The Kier molecular flexibility index (Phi) is 28.8. The summed E-state index contributed by atoms with van der Waals surface area (Å²) < 4.78 is 0. The summed E-state index contributed by atoms with van der Waals surface area (Å²) in [6.45, 7) is 2.11. The van der Waals surface area contributed by atoms with Crippen LogP contribution < -0.4 is 54.0 Å². The molecule has 13 atom stereocenters. The molecule has 33 heteroatoms. The lowest BCUT2D eigenvalue weighted by atomic mass is 10.0. The van der Waals surface area contributed by atoms with Gasteiger partial charge in [0.1, 0.15) is 60.4 Å². The summed E-state index contributed by atoms with van der Waals surface area (Å²) in [5.41, 5.74) is 11.3. The van der Waals surface area contributed by atoms with E-state index in [2.05, 4.69) is 37.2 Å². The number of unbranched alkanes of at least 4 members (excludes halogenated alkanes) is 1. The minimum absolute atomic E-state index is 0.0253. The minimum Gasteiger partial charge on any atom is -0.481 e. The first kappa shape index (κ1) is 68.9. The third-order valence-electron chi connectivity index (χ3n) is 13.0. The number of carbonyl (C=O) groups is 13. The lowest BCUT2D eigenvalue weighted by Gasteiger charge is -2.33. The average molecular weight is 1150 g/mol. The molecule has 452 valence electrons. The molecule has 2 aliphatic rings. The third kappa shape index (κ3) is 20.8. The Morgan fingerprint density at radius 2 is 0.938 bits per heavy atom. The summed E-state index contributed by atoms with van der Waals surface area (Å²) in [6.07, 6.45) is -4.22. The van der Waals surface area contributed by atoms with Gasteiger partial charge in [-0.2, -0.15) is 0 Å². The number of rotatable bonds is 34. The summed E-state index contributed by atoms with van der Waals surface area (Å²) in [6, 6.07) is -18.0. The number of aliphatic hydroxyl groups is 5. The maximum atomic E-state index is 14.2. The molecule has 10 amide bonds. The first-order valence-corrected chi connectivity index (χ1v) is 25.9. The smallest absolute Gasteiger partial charge is 0.328 e. The number of hydrogen-bond donors (Lipinski definition) is 18. The van der Waals surface area contributed by atoms with E-state index in [1.54, 1.807) is 0 Å². The number of carboxylic acids is 3. The van der Waals surface area contributed by atoms with Gasteiger partial charge in [-0.25, -0.2) is 4.79 Å². The normalized spacial score (nSPS) is 19.2. The number of carboxylic acid groups (broad SMARTS) is 3. The van der Waals surface area contributed by atoms with Crippen molar-refractivity contribution in [1.29, 1.82) is 0 Å². The predicted molar refractivity (Wildman–Crippen MR) is 272 cm³/mol. The van der Waals surface area contributed by atoms with E-state index in [4.69, 9.17) is 11.5 Å². The Hall–Kier alpha value is -7.17. The molecule has 80 heavy (non-hydrogen) atoms. The number of nitrogens with two attached hydrogens (primary N) is 2. The molecule has 2 saturated heterocycles. The Labute approximate surface area is 459 Å². The maximum absolute atomic E-state index is 14.2. The molecule has 0 spiro atoms. The van der Waals surface area contributed by atoms with Gasteiger partial charge >= 0.3 is 17.9 Å². The highest BCUT2D eigenvalue weighted by Gasteiger charge is 2.44. The van der Waals surface area contributed by atoms with Crippen molar-refractivity contribution < 1.29 is 103 Å². The molecule has 0 aromatic carbocycles. The molecule has 0 unspecified atom stereocenters. The van der Waals surface area contributed by atoms with Crippen molar-refractivity contribution in [3.8, 4) is 0 Å². The lowest BCUT2D eigenvalue weighted by molar-refractivity contribution is -0.148. The number of aliphatic hydroxyl groups excluding tert-OH is 5. The van der Waals surface area contributed by atoms with Gasteiger partial charge < -0.3 is 105 Å². The Bertz CT molecular complexity index is 2220. The molecule has 2 fully saturated rings. The van der Waals surface area contributed by atoms with Gasteiger partial charge in [-0.1, -0.05) is 20.3 Å². The summed E-state index contributed by atoms with van der Waals surface area (Å²) in [4.78, 5) is 172. The zero-order valence-corrected chi connectivity index (χ0v) is 44.8. The predicted octanol–water partition coefficient (Wildman–Crippen LogP) is -8.88. The topological polar surface area (TPSA) is 539 Å². The van der Waals surface area contributed by atoms with Crippen molar-refractivity contribution in [2.75, 3.05) is 39.5 Å². The van der Waals surface area contributed by atoms with Crippen molar-refractivity contribution >= 4 is 77.0 Å². The van der Waals surface area contributed by atoms with Gasteiger partial charge in [0.2, 0.25) is 59.1 Å². The van der Waals surface area contributed by atoms with Crippen LogP contribution in [-0.4, -0.2) is 246 Å². The second kappa shape index (κ2) is 33.4. The maximum Gasteiger partial charge on any atom is 0.328 e. The number of nitrogens with one attached hydrogen (secondary N) is 8. The minimum atomic E-state index is -1.90. The van der Waals surface area contributed by atoms with Crippen molar-refractivity contribution in [3.05, 3.63) is 0 Å². The van der Waals surface area contributed by atoms with E-state index >= 15 is 0 Å². The zero-order valence-electron chi connectivity index (χ0n) is 44.8. The standard InChI is InChI=1S/C47H78N12O21/c1-21(2)34(55-39(71)28(19-61)53-38(70)25(12-13-32(65)66)50-43(75)35(22(3)63)56-40(72)27(18-60)52-37(69)24(49)9-5-6-14-48)46(78)59-16-8-10-30(59)41(73)51-26(17-33(67)68)45(77)58-15-7-11-31(58)42(74)57-36(23(4)64)44(76)54-29(20-62)47(79)80/h21-31,34-36,60-64H,5-20,48-49H2,1-4H3,(H,50,75)(H,51,73)(H,52,69)(H,53,70)(H,54,76)(H,55,71)(H,56,72)(H,57,74)(H,65,66)(H,67,68)(H,79,80)/t22-,23-,24+,25+,26+,27+,28+,29+,30+,31+,34+,35+,36+/m1/s1. The number of hydrogen-bond acceptors (Lipinski definition) is 20. The van der Waals surface area contributed by atoms with Gasteiger partial charge in [0.25, 0.3) is 0 Å². The van der Waals surface area contributed by atoms with Crippen LogP contribution >= 0.6 is 0 Å². The molecule has 33 nitrogen and oxygen atoms in total. The number of amides is 10. The Morgan fingerprint density at radius 1 is 0.500 bits per heavy atom. The van der Waals surface area contributed by atoms with E-state index in [0.717, 1.165) is 23.6 Å². The summed E-state index contributed by atoms with van der Waals surface area (Å²) in [5, 5.41) is 96.3. The Morgan fingerprint density at radius 3 is 1.39 bits per heavy atom. The van der Waals surface area contributed by atoms with Crippen LogP contribution in [0.2, 0.25) is 0 Å². The van der Waals surface area contributed by atoms with Gasteiger partial charge in [0, 0.05) is 19.5 Å². The van der Waals surface area contributed by atoms with E-state index in [1.165, 1.54) is 13.8 Å². The van der Waals surface area contributed by atoms with Crippen LogP contribution in [0.1, 0.15) is 91.9 Å². The molecule has 0 bridgehead atoms. The van der Waals surface area contributed by atoms with Crippen molar-refractivity contribution in [1.82, 2.24) is 52.3 Å². The van der Waals surface area contributed by atoms with Gasteiger partial charge in [-0.3, -0.25) is 57.5 Å². The van der Waals surface area contributed by atoms with Crippen LogP contribution in [0.5, 0.6) is 0 Å². The van der Waals surface area contributed by atoms with E-state index in [-0.39, 0.29) is 45.2 Å². The average Bonchev–Trinajstić information content (AvgIpc) is 4.10. The fourth-order valence-electron chi connectivity index (χ4n) is 8.53. The lowest BCUT2D eigenvalue weighted by Crippen LogP contribution is -2.62. The van der Waals surface area contributed by atoms with E-state index in [1.807, 2.05) is 5.32 Å². The van der Waals surface area contributed by atoms with E-state index in [0.29, 0.717) is 19.4 Å². The quantitative estimate of drug-likeness (QED) is 0.0266.